The van der Waals surface area contributed by atoms with Gasteiger partial charge in [0, 0.05) is 12.6 Å². The quantitative estimate of drug-likeness (QED) is 0.844. The number of rotatable bonds is 3. The average Bonchev–Trinajstić information content (AvgIpc) is 2.54. The van der Waals surface area contributed by atoms with Crippen LogP contribution in [-0.2, 0) is 11.2 Å². The van der Waals surface area contributed by atoms with Crippen molar-refractivity contribution in [3.8, 4) is 0 Å². The minimum absolute atomic E-state index is 0.201. The lowest BCUT2D eigenvalue weighted by Crippen LogP contribution is -2.52. The number of carbonyl (C=O) groups is 1. The normalized spacial score (nSPS) is 27.0. The van der Waals surface area contributed by atoms with Crippen LogP contribution in [0.25, 0.3) is 0 Å². The van der Waals surface area contributed by atoms with Crippen LogP contribution in [0.5, 0.6) is 0 Å². The number of thiol groups is 1. The van der Waals surface area contributed by atoms with Gasteiger partial charge >= 0.3 is 0 Å². The van der Waals surface area contributed by atoms with Gasteiger partial charge in [-0.25, -0.2) is 0 Å². The van der Waals surface area contributed by atoms with Crippen LogP contribution in [0, 0.1) is 5.92 Å². The second-order valence-corrected chi connectivity index (χ2v) is 7.11. The van der Waals surface area contributed by atoms with E-state index in [-0.39, 0.29) is 11.2 Å². The molecular weight excluding hydrogens is 278 g/mol. The molecule has 0 aromatic heterocycles. The average molecular weight is 303 g/mol. The first-order chi connectivity index (χ1) is 10.3. The molecule has 1 unspecified atom stereocenters. The summed E-state index contributed by atoms with van der Waals surface area (Å²) in [5, 5.41) is -0.201. The van der Waals surface area contributed by atoms with E-state index in [1.54, 1.807) is 0 Å². The molecule has 1 saturated heterocycles. The summed E-state index contributed by atoms with van der Waals surface area (Å²) < 4.78 is 0. The smallest absolute Gasteiger partial charge is 0.236 e. The number of piperidine rings is 1. The topological polar surface area (TPSA) is 20.3 Å². The Labute approximate surface area is 133 Å². The van der Waals surface area contributed by atoms with Crippen molar-refractivity contribution in [3.05, 3.63) is 35.9 Å². The first kappa shape index (κ1) is 15.0. The summed E-state index contributed by atoms with van der Waals surface area (Å²) in [5.74, 6) is 0.993. The molecule has 1 amide bonds. The van der Waals surface area contributed by atoms with Gasteiger partial charge < -0.3 is 4.90 Å². The third-order valence-corrected chi connectivity index (χ3v) is 5.49. The molecule has 2 aliphatic rings. The molecule has 21 heavy (non-hydrogen) atoms. The minimum atomic E-state index is -0.201. The van der Waals surface area contributed by atoms with Gasteiger partial charge in [-0.15, -0.1) is 0 Å². The van der Waals surface area contributed by atoms with E-state index in [9.17, 15) is 4.79 Å². The van der Waals surface area contributed by atoms with Crippen LogP contribution < -0.4 is 0 Å². The molecule has 1 heterocycles. The third kappa shape index (κ3) is 3.45. The van der Waals surface area contributed by atoms with Crippen LogP contribution in [0.1, 0.15) is 44.1 Å². The fourth-order valence-electron chi connectivity index (χ4n) is 4.01. The molecular formula is C18H25NOS. The van der Waals surface area contributed by atoms with E-state index in [0.717, 1.165) is 18.9 Å². The Bertz CT molecular complexity index is 473. The molecule has 0 N–H and O–H groups in total. The largest absolute Gasteiger partial charge is 0.338 e. The highest BCUT2D eigenvalue weighted by molar-refractivity contribution is 7.81. The Kier molecular flexibility index (Phi) is 4.89. The van der Waals surface area contributed by atoms with Gasteiger partial charge in [0.2, 0.25) is 5.91 Å². The Morgan fingerprint density at radius 2 is 1.86 bits per heavy atom. The summed E-state index contributed by atoms with van der Waals surface area (Å²) in [6, 6.07) is 10.7. The van der Waals surface area contributed by atoms with Crippen molar-refractivity contribution in [1.29, 1.82) is 0 Å². The first-order valence-electron chi connectivity index (χ1n) is 8.28. The standard InChI is InChI=1S/C18H25NOS/c20-18(17(21)13-14-7-2-1-3-8-14)19-12-6-10-15-9-4-5-11-16(15)19/h1-3,7-8,15-17,21H,4-6,9-13H2/t15-,16-,17?/m1/s1. The van der Waals surface area contributed by atoms with Gasteiger partial charge in [-0.2, -0.15) is 12.6 Å². The number of benzene rings is 1. The van der Waals surface area contributed by atoms with Gasteiger partial charge in [-0.3, -0.25) is 4.79 Å². The number of nitrogens with zero attached hydrogens (tertiary/aromatic N) is 1. The van der Waals surface area contributed by atoms with E-state index in [2.05, 4.69) is 29.7 Å². The van der Waals surface area contributed by atoms with Gasteiger partial charge in [0.15, 0.2) is 0 Å². The molecule has 3 heteroatoms. The molecule has 2 fully saturated rings. The predicted octanol–water partition coefficient (Wildman–Crippen LogP) is 3.71. The van der Waals surface area contributed by atoms with Gasteiger partial charge in [0.05, 0.1) is 5.25 Å². The number of amides is 1. The summed E-state index contributed by atoms with van der Waals surface area (Å²) >= 11 is 4.61. The summed E-state index contributed by atoms with van der Waals surface area (Å²) in [5.41, 5.74) is 1.20. The van der Waals surface area contributed by atoms with Gasteiger partial charge in [-0.1, -0.05) is 43.2 Å². The highest BCUT2D eigenvalue weighted by atomic mass is 32.1. The van der Waals surface area contributed by atoms with E-state index in [1.807, 2.05) is 18.2 Å². The predicted molar refractivity (Wildman–Crippen MR) is 89.6 cm³/mol. The van der Waals surface area contributed by atoms with E-state index in [1.165, 1.54) is 44.1 Å². The second-order valence-electron chi connectivity index (χ2n) is 6.49. The van der Waals surface area contributed by atoms with Crippen LogP contribution >= 0.6 is 12.6 Å². The Balaban J connectivity index is 1.65. The molecule has 3 atom stereocenters. The molecule has 0 bridgehead atoms. The lowest BCUT2D eigenvalue weighted by molar-refractivity contribution is -0.136. The van der Waals surface area contributed by atoms with Crippen molar-refractivity contribution in [2.75, 3.05) is 6.54 Å². The highest BCUT2D eigenvalue weighted by Gasteiger charge is 2.37. The fourth-order valence-corrected chi connectivity index (χ4v) is 4.37. The summed E-state index contributed by atoms with van der Waals surface area (Å²) in [7, 11) is 0. The Morgan fingerprint density at radius 3 is 2.67 bits per heavy atom. The van der Waals surface area contributed by atoms with Crippen molar-refractivity contribution in [3.63, 3.8) is 0 Å². The molecule has 1 aromatic rings. The maximum Gasteiger partial charge on any atom is 0.236 e. The SMILES string of the molecule is O=C(C(S)Cc1ccccc1)N1CCC[C@H]2CCCC[C@H]21. The third-order valence-electron chi connectivity index (χ3n) is 5.08. The molecule has 1 aliphatic heterocycles. The molecule has 114 valence electrons. The molecule has 0 radical (unpaired) electrons. The monoisotopic (exact) mass is 303 g/mol. The van der Waals surface area contributed by atoms with E-state index >= 15 is 0 Å². The zero-order valence-electron chi connectivity index (χ0n) is 12.6. The number of hydrogen-bond donors (Lipinski definition) is 1. The fraction of sp³-hybridized carbons (Fsp3) is 0.611. The van der Waals surface area contributed by atoms with Gasteiger partial charge in [-0.05, 0) is 43.6 Å². The van der Waals surface area contributed by atoms with Crippen LogP contribution in [0.3, 0.4) is 0 Å². The minimum Gasteiger partial charge on any atom is -0.338 e. The van der Waals surface area contributed by atoms with Crippen molar-refractivity contribution in [1.82, 2.24) is 4.90 Å². The maximum atomic E-state index is 12.8. The van der Waals surface area contributed by atoms with Crippen molar-refractivity contribution in [2.45, 2.75) is 56.2 Å². The number of likely N-dealkylation sites (tertiary alicyclic amines) is 1. The zero-order valence-corrected chi connectivity index (χ0v) is 13.5. The number of carbonyl (C=O) groups excluding carboxylic acids is 1. The van der Waals surface area contributed by atoms with Crippen LogP contribution in [0.2, 0.25) is 0 Å². The zero-order chi connectivity index (χ0) is 14.7. The molecule has 1 aliphatic carbocycles. The highest BCUT2D eigenvalue weighted by Crippen LogP contribution is 2.35. The Hall–Kier alpha value is -0.960. The molecule has 1 saturated carbocycles. The number of hydrogen-bond acceptors (Lipinski definition) is 2. The van der Waals surface area contributed by atoms with Crippen LogP contribution in [0.15, 0.2) is 30.3 Å². The van der Waals surface area contributed by atoms with E-state index in [4.69, 9.17) is 0 Å². The number of fused-ring (bicyclic) bond motifs is 1. The van der Waals surface area contributed by atoms with Crippen molar-refractivity contribution >= 4 is 18.5 Å². The summed E-state index contributed by atoms with van der Waals surface area (Å²) in [6.45, 7) is 0.936. The van der Waals surface area contributed by atoms with Crippen LogP contribution in [-0.4, -0.2) is 28.6 Å². The summed E-state index contributed by atoms with van der Waals surface area (Å²) in [6.07, 6.45) is 8.34. The molecule has 1 aromatic carbocycles. The molecule has 3 rings (SSSR count). The first-order valence-corrected chi connectivity index (χ1v) is 8.80. The lowest BCUT2D eigenvalue weighted by atomic mass is 9.78. The maximum absolute atomic E-state index is 12.8. The lowest BCUT2D eigenvalue weighted by Gasteiger charge is -2.45. The van der Waals surface area contributed by atoms with Gasteiger partial charge in [0.1, 0.15) is 0 Å². The second kappa shape index (κ2) is 6.87. The van der Waals surface area contributed by atoms with E-state index in [0.29, 0.717) is 6.04 Å². The Morgan fingerprint density at radius 1 is 1.14 bits per heavy atom. The van der Waals surface area contributed by atoms with Gasteiger partial charge in [0.25, 0.3) is 0 Å². The molecule has 0 spiro atoms. The van der Waals surface area contributed by atoms with Crippen LogP contribution in [0.4, 0.5) is 0 Å². The van der Waals surface area contributed by atoms with Crippen molar-refractivity contribution < 1.29 is 4.79 Å². The van der Waals surface area contributed by atoms with Crippen molar-refractivity contribution in [2.24, 2.45) is 5.92 Å². The molecule has 2 nitrogen and oxygen atoms in total. The van der Waals surface area contributed by atoms with E-state index < -0.39 is 0 Å². The summed E-state index contributed by atoms with van der Waals surface area (Å²) in [4.78, 5) is 15.0.